The van der Waals surface area contributed by atoms with Gasteiger partial charge in [0.2, 0.25) is 5.91 Å². The van der Waals surface area contributed by atoms with Gasteiger partial charge < -0.3 is 10.2 Å². The van der Waals surface area contributed by atoms with E-state index in [4.69, 9.17) is 11.6 Å². The first-order valence-electron chi connectivity index (χ1n) is 10.6. The number of amides is 2. The molecule has 6 heteroatoms. The van der Waals surface area contributed by atoms with Gasteiger partial charge in [0.15, 0.2) is 0 Å². The van der Waals surface area contributed by atoms with Gasteiger partial charge in [0, 0.05) is 12.3 Å². The van der Waals surface area contributed by atoms with E-state index in [1.54, 1.807) is 28.8 Å². The Balaban J connectivity index is 1.70. The molecule has 160 valence electrons. The highest BCUT2D eigenvalue weighted by Gasteiger charge is 2.41. The minimum Gasteiger partial charge on any atom is -0.354 e. The summed E-state index contributed by atoms with van der Waals surface area (Å²) in [7, 11) is 0. The van der Waals surface area contributed by atoms with Gasteiger partial charge in [-0.25, -0.2) is 0 Å². The summed E-state index contributed by atoms with van der Waals surface area (Å²) in [5.74, 6) is 0.372. The molecule has 1 aliphatic heterocycles. The third kappa shape index (κ3) is 5.79. The highest BCUT2D eigenvalue weighted by Crippen LogP contribution is 2.35. The van der Waals surface area contributed by atoms with Crippen molar-refractivity contribution >= 4 is 35.2 Å². The molecule has 1 aliphatic rings. The van der Waals surface area contributed by atoms with E-state index in [0.29, 0.717) is 22.9 Å². The standard InChI is InChI=1S/C24H29ClN2O2S/c1-2-3-5-14-22-27(24(29)19-12-8-9-13-20(19)25)21(17-30-22)23(28)26-16-15-18-10-6-4-7-11-18/h4,6-13,21-22H,2-3,5,14-17H2,1H3,(H,26,28). The monoisotopic (exact) mass is 444 g/mol. The van der Waals surface area contributed by atoms with E-state index >= 15 is 0 Å². The summed E-state index contributed by atoms with van der Waals surface area (Å²) in [5.41, 5.74) is 1.64. The summed E-state index contributed by atoms with van der Waals surface area (Å²) in [5, 5.41) is 3.46. The lowest BCUT2D eigenvalue weighted by Crippen LogP contribution is -2.50. The van der Waals surface area contributed by atoms with Crippen LogP contribution in [0.4, 0.5) is 0 Å². The molecular formula is C24H29ClN2O2S. The molecule has 1 N–H and O–H groups in total. The summed E-state index contributed by atoms with van der Waals surface area (Å²) in [6.45, 7) is 2.72. The predicted molar refractivity (Wildman–Crippen MR) is 125 cm³/mol. The third-order valence-corrected chi connectivity index (χ3v) is 7.03. The van der Waals surface area contributed by atoms with Crippen LogP contribution in [0.2, 0.25) is 5.02 Å². The molecule has 30 heavy (non-hydrogen) atoms. The Morgan fingerprint density at radius 3 is 2.57 bits per heavy atom. The molecule has 2 aromatic carbocycles. The second kappa shape index (κ2) is 11.4. The molecule has 0 aliphatic carbocycles. The first-order valence-corrected chi connectivity index (χ1v) is 12.0. The molecule has 2 atom stereocenters. The highest BCUT2D eigenvalue weighted by molar-refractivity contribution is 8.00. The zero-order valence-electron chi connectivity index (χ0n) is 17.4. The number of halogens is 1. The number of carbonyl (C=O) groups excluding carboxylic acids is 2. The lowest BCUT2D eigenvalue weighted by atomic mass is 10.1. The van der Waals surface area contributed by atoms with E-state index in [0.717, 1.165) is 32.1 Å². The molecule has 4 nitrogen and oxygen atoms in total. The quantitative estimate of drug-likeness (QED) is 0.543. The van der Waals surface area contributed by atoms with Crippen LogP contribution in [0.25, 0.3) is 0 Å². The minimum absolute atomic E-state index is 0.00481. The number of rotatable bonds is 9. The van der Waals surface area contributed by atoms with Crippen molar-refractivity contribution in [1.82, 2.24) is 10.2 Å². The summed E-state index contributed by atoms with van der Waals surface area (Å²) in [4.78, 5) is 28.1. The molecular weight excluding hydrogens is 416 g/mol. The smallest absolute Gasteiger partial charge is 0.256 e. The molecule has 3 rings (SSSR count). The topological polar surface area (TPSA) is 49.4 Å². The van der Waals surface area contributed by atoms with E-state index in [-0.39, 0.29) is 17.2 Å². The second-order valence-corrected chi connectivity index (χ2v) is 9.14. The molecule has 2 amide bonds. The van der Waals surface area contributed by atoms with E-state index in [9.17, 15) is 9.59 Å². The van der Waals surface area contributed by atoms with Gasteiger partial charge in [-0.1, -0.05) is 80.3 Å². The molecule has 2 aromatic rings. The Kier molecular flexibility index (Phi) is 8.64. The van der Waals surface area contributed by atoms with Crippen LogP contribution < -0.4 is 5.32 Å². The van der Waals surface area contributed by atoms with Gasteiger partial charge in [0.1, 0.15) is 6.04 Å². The van der Waals surface area contributed by atoms with E-state index < -0.39 is 6.04 Å². The largest absolute Gasteiger partial charge is 0.354 e. The average molecular weight is 445 g/mol. The fourth-order valence-electron chi connectivity index (χ4n) is 3.70. The Hall–Kier alpha value is -1.98. The lowest BCUT2D eigenvalue weighted by molar-refractivity contribution is -0.124. The lowest BCUT2D eigenvalue weighted by Gasteiger charge is -2.29. The zero-order valence-corrected chi connectivity index (χ0v) is 18.9. The summed E-state index contributed by atoms with van der Waals surface area (Å²) in [6.07, 6.45) is 4.95. The maximum Gasteiger partial charge on any atom is 0.256 e. The number of hydrogen-bond donors (Lipinski definition) is 1. The van der Waals surface area contributed by atoms with Crippen LogP contribution in [0, 0.1) is 0 Å². The van der Waals surface area contributed by atoms with Gasteiger partial charge in [-0.3, -0.25) is 9.59 Å². The summed E-state index contributed by atoms with van der Waals surface area (Å²) < 4.78 is 0. The van der Waals surface area contributed by atoms with Gasteiger partial charge >= 0.3 is 0 Å². The maximum absolute atomic E-state index is 13.4. The first kappa shape index (κ1) is 22.7. The number of carbonyl (C=O) groups is 2. The van der Waals surface area contributed by atoms with Gasteiger partial charge in [-0.2, -0.15) is 0 Å². The van der Waals surface area contributed by atoms with Crippen molar-refractivity contribution < 1.29 is 9.59 Å². The second-order valence-electron chi connectivity index (χ2n) is 7.52. The highest BCUT2D eigenvalue weighted by atomic mass is 35.5. The fraction of sp³-hybridized carbons (Fsp3) is 0.417. The van der Waals surface area contributed by atoms with Gasteiger partial charge in [-0.15, -0.1) is 11.8 Å². The number of unbranched alkanes of at least 4 members (excludes halogenated alkanes) is 2. The van der Waals surface area contributed by atoms with Crippen molar-refractivity contribution in [2.45, 2.75) is 50.4 Å². The van der Waals surface area contributed by atoms with Crippen LogP contribution in [-0.2, 0) is 11.2 Å². The average Bonchev–Trinajstić information content (AvgIpc) is 3.18. The number of thioether (sulfide) groups is 1. The Morgan fingerprint density at radius 2 is 1.83 bits per heavy atom. The molecule has 0 bridgehead atoms. The fourth-order valence-corrected chi connectivity index (χ4v) is 5.37. The van der Waals surface area contributed by atoms with Gasteiger partial charge in [0.05, 0.1) is 16.0 Å². The molecule has 1 heterocycles. The van der Waals surface area contributed by atoms with Crippen molar-refractivity contribution in [2.75, 3.05) is 12.3 Å². The normalized spacial score (nSPS) is 18.4. The van der Waals surface area contributed by atoms with Gasteiger partial charge in [-0.05, 0) is 30.5 Å². The van der Waals surface area contributed by atoms with Gasteiger partial charge in [0.25, 0.3) is 5.91 Å². The predicted octanol–water partition coefficient (Wildman–Crippen LogP) is 5.16. The third-order valence-electron chi connectivity index (χ3n) is 5.34. The molecule has 0 radical (unpaired) electrons. The minimum atomic E-state index is -0.471. The van der Waals surface area contributed by atoms with Crippen molar-refractivity contribution in [3.05, 3.63) is 70.7 Å². The molecule has 0 aromatic heterocycles. The Labute approximate surface area is 188 Å². The molecule has 0 saturated carbocycles. The van der Waals surface area contributed by atoms with E-state index in [2.05, 4.69) is 24.4 Å². The zero-order chi connectivity index (χ0) is 21.3. The summed E-state index contributed by atoms with van der Waals surface area (Å²) >= 11 is 7.99. The van der Waals surface area contributed by atoms with Crippen LogP contribution in [0.15, 0.2) is 54.6 Å². The van der Waals surface area contributed by atoms with Crippen LogP contribution in [-0.4, -0.2) is 40.4 Å². The number of hydrogen-bond acceptors (Lipinski definition) is 3. The molecule has 1 saturated heterocycles. The first-order chi connectivity index (χ1) is 14.6. The van der Waals surface area contributed by atoms with Crippen LogP contribution in [0.5, 0.6) is 0 Å². The van der Waals surface area contributed by atoms with E-state index in [1.807, 2.05) is 30.3 Å². The van der Waals surface area contributed by atoms with Crippen LogP contribution in [0.3, 0.4) is 0 Å². The Morgan fingerprint density at radius 1 is 1.10 bits per heavy atom. The molecule has 0 spiro atoms. The van der Waals surface area contributed by atoms with Crippen molar-refractivity contribution in [2.24, 2.45) is 0 Å². The van der Waals surface area contributed by atoms with Crippen LogP contribution in [0.1, 0.15) is 48.5 Å². The maximum atomic E-state index is 13.4. The molecule has 2 unspecified atom stereocenters. The van der Waals surface area contributed by atoms with E-state index in [1.165, 1.54) is 5.56 Å². The van der Waals surface area contributed by atoms with Crippen molar-refractivity contribution in [3.63, 3.8) is 0 Å². The molecule has 1 fully saturated rings. The number of benzene rings is 2. The number of nitrogens with zero attached hydrogens (tertiary/aromatic N) is 1. The summed E-state index contributed by atoms with van der Waals surface area (Å²) in [6, 6.07) is 16.7. The number of nitrogens with one attached hydrogen (secondary N) is 1. The SMILES string of the molecule is CCCCCC1SCC(C(=O)NCCc2ccccc2)N1C(=O)c1ccccc1Cl. The van der Waals surface area contributed by atoms with Crippen molar-refractivity contribution in [3.8, 4) is 0 Å². The Bertz CT molecular complexity index is 846. The van der Waals surface area contributed by atoms with Crippen molar-refractivity contribution in [1.29, 1.82) is 0 Å². The van der Waals surface area contributed by atoms with Crippen LogP contribution >= 0.6 is 23.4 Å².